The summed E-state index contributed by atoms with van der Waals surface area (Å²) in [6, 6.07) is 4.11. The lowest BCUT2D eigenvalue weighted by atomic mass is 10.1. The Morgan fingerprint density at radius 3 is 2.62 bits per heavy atom. The summed E-state index contributed by atoms with van der Waals surface area (Å²) < 4.78 is 16.9. The van der Waals surface area contributed by atoms with Gasteiger partial charge >= 0.3 is 6.09 Å². The fourth-order valence-corrected chi connectivity index (χ4v) is 2.97. The van der Waals surface area contributed by atoms with E-state index in [1.807, 2.05) is 33.8 Å². The maximum atomic E-state index is 11.7. The van der Waals surface area contributed by atoms with Gasteiger partial charge in [-0.15, -0.1) is 0 Å². The molecule has 1 aliphatic heterocycles. The summed E-state index contributed by atoms with van der Waals surface area (Å²) in [7, 11) is 1.70. The van der Waals surface area contributed by atoms with Crippen LogP contribution < -0.4 is 25.4 Å². The molecule has 0 saturated carbocycles. The number of nitrogens with one attached hydrogen (secondary N) is 3. The lowest BCUT2D eigenvalue weighted by Gasteiger charge is -2.20. The number of amides is 1. The summed E-state index contributed by atoms with van der Waals surface area (Å²) in [5.74, 6) is 2.41. The number of hydrogen-bond acceptors (Lipinski definition) is 5. The Kier molecular flexibility index (Phi) is 7.99. The molecule has 0 saturated heterocycles. The van der Waals surface area contributed by atoms with Gasteiger partial charge in [0.05, 0.1) is 6.61 Å². The first-order valence-electron chi connectivity index (χ1n) is 10.1. The van der Waals surface area contributed by atoms with Crippen molar-refractivity contribution < 1.29 is 19.0 Å². The number of ether oxygens (including phenoxy) is 3. The molecule has 1 heterocycles. The number of carbonyl (C=O) groups excluding carboxylic acids is 1. The molecule has 1 aromatic rings. The van der Waals surface area contributed by atoms with E-state index in [-0.39, 0.29) is 6.10 Å². The topological polar surface area (TPSA) is 93.2 Å². The minimum absolute atomic E-state index is 0.189. The number of benzene rings is 1. The zero-order valence-electron chi connectivity index (χ0n) is 18.3. The van der Waals surface area contributed by atoms with Crippen LogP contribution in [0.5, 0.6) is 11.5 Å². The summed E-state index contributed by atoms with van der Waals surface area (Å²) >= 11 is 0. The van der Waals surface area contributed by atoms with E-state index in [1.165, 1.54) is 5.56 Å². The van der Waals surface area contributed by atoms with E-state index in [1.54, 1.807) is 7.05 Å². The first-order valence-corrected chi connectivity index (χ1v) is 10.1. The largest absolute Gasteiger partial charge is 0.494 e. The molecule has 0 bridgehead atoms. The molecule has 1 aromatic carbocycles. The second-order valence-corrected chi connectivity index (χ2v) is 7.91. The van der Waals surface area contributed by atoms with Crippen LogP contribution in [0.25, 0.3) is 0 Å². The van der Waals surface area contributed by atoms with Crippen molar-refractivity contribution in [1.82, 2.24) is 16.0 Å². The monoisotopic (exact) mass is 406 g/mol. The van der Waals surface area contributed by atoms with E-state index in [9.17, 15) is 4.79 Å². The quantitative estimate of drug-likeness (QED) is 0.366. The maximum Gasteiger partial charge on any atom is 0.407 e. The lowest BCUT2D eigenvalue weighted by molar-refractivity contribution is 0.0529. The molecule has 1 unspecified atom stereocenters. The predicted molar refractivity (Wildman–Crippen MR) is 114 cm³/mol. The Morgan fingerprint density at radius 1 is 1.24 bits per heavy atom. The number of rotatable bonds is 7. The first-order chi connectivity index (χ1) is 13.7. The van der Waals surface area contributed by atoms with Gasteiger partial charge in [-0.05, 0) is 46.8 Å². The van der Waals surface area contributed by atoms with Crippen molar-refractivity contribution in [3.8, 4) is 11.5 Å². The molecular formula is C21H34N4O4. The Morgan fingerprint density at radius 2 is 1.97 bits per heavy atom. The molecule has 29 heavy (non-hydrogen) atoms. The number of aliphatic imine (C=N–C) groups is 1. The van der Waals surface area contributed by atoms with Crippen LogP contribution in [-0.4, -0.2) is 50.5 Å². The molecule has 0 aliphatic carbocycles. The fraction of sp³-hybridized carbons (Fsp3) is 0.619. The highest BCUT2D eigenvalue weighted by Gasteiger charge is 2.22. The van der Waals surface area contributed by atoms with E-state index in [4.69, 9.17) is 14.2 Å². The Hall–Kier alpha value is -2.64. The van der Waals surface area contributed by atoms with Crippen molar-refractivity contribution in [1.29, 1.82) is 0 Å². The number of nitrogens with zero attached hydrogens (tertiary/aromatic N) is 1. The van der Waals surface area contributed by atoms with Crippen LogP contribution in [0, 0.1) is 0 Å². The number of hydrogen-bond donors (Lipinski definition) is 3. The molecule has 1 atom stereocenters. The van der Waals surface area contributed by atoms with Crippen LogP contribution in [0.2, 0.25) is 0 Å². The average Bonchev–Trinajstić information content (AvgIpc) is 2.98. The predicted octanol–water partition coefficient (Wildman–Crippen LogP) is 2.60. The van der Waals surface area contributed by atoms with Crippen molar-refractivity contribution in [3.63, 3.8) is 0 Å². The highest BCUT2D eigenvalue weighted by Crippen LogP contribution is 2.35. The first kappa shape index (κ1) is 22.6. The highest BCUT2D eigenvalue weighted by molar-refractivity contribution is 5.79. The van der Waals surface area contributed by atoms with E-state index in [0.717, 1.165) is 23.5 Å². The highest BCUT2D eigenvalue weighted by atomic mass is 16.6. The van der Waals surface area contributed by atoms with Gasteiger partial charge in [0.2, 0.25) is 0 Å². The van der Waals surface area contributed by atoms with Gasteiger partial charge in [-0.1, -0.05) is 0 Å². The van der Waals surface area contributed by atoms with Crippen LogP contribution in [0.4, 0.5) is 4.79 Å². The van der Waals surface area contributed by atoms with Gasteiger partial charge in [0.25, 0.3) is 0 Å². The second-order valence-electron chi connectivity index (χ2n) is 7.91. The Balaban J connectivity index is 1.85. The number of guanidine groups is 1. The van der Waals surface area contributed by atoms with Crippen LogP contribution in [0.15, 0.2) is 17.1 Å². The standard InChI is InChI=1S/C21H34N4O4/c1-7-27-17-11-15-10-14(2)28-18(15)12-16(17)13-25-19(22-6)23-8-9-24-20(26)29-21(3,4)5/h11-12,14H,7-10,13H2,1-6H3,(H,24,26)(H2,22,23,25). The van der Waals surface area contributed by atoms with Crippen LogP contribution in [0.3, 0.4) is 0 Å². The Labute approximate surface area is 173 Å². The third kappa shape index (κ3) is 7.36. The Bertz CT molecular complexity index is 728. The summed E-state index contributed by atoms with van der Waals surface area (Å²) in [6.07, 6.45) is 0.655. The molecule has 0 aromatic heterocycles. The number of alkyl carbamates (subject to hydrolysis) is 1. The number of fused-ring (bicyclic) bond motifs is 1. The van der Waals surface area contributed by atoms with Gasteiger partial charge in [0.1, 0.15) is 23.2 Å². The molecule has 8 nitrogen and oxygen atoms in total. The lowest BCUT2D eigenvalue weighted by Crippen LogP contribution is -2.42. The third-order valence-corrected chi connectivity index (χ3v) is 4.13. The van der Waals surface area contributed by atoms with E-state index < -0.39 is 11.7 Å². The van der Waals surface area contributed by atoms with Gasteiger partial charge in [-0.2, -0.15) is 0 Å². The van der Waals surface area contributed by atoms with Crippen molar-refractivity contribution >= 4 is 12.1 Å². The van der Waals surface area contributed by atoms with E-state index >= 15 is 0 Å². The molecule has 3 N–H and O–H groups in total. The maximum absolute atomic E-state index is 11.7. The van der Waals surface area contributed by atoms with Gasteiger partial charge < -0.3 is 30.2 Å². The van der Waals surface area contributed by atoms with Crippen LogP contribution in [-0.2, 0) is 17.7 Å². The molecule has 1 aliphatic rings. The van der Waals surface area contributed by atoms with Crippen LogP contribution >= 0.6 is 0 Å². The SMILES string of the molecule is CCOc1cc2c(cc1CNC(=NC)NCCNC(=O)OC(C)(C)C)OC(C)C2. The van der Waals surface area contributed by atoms with Crippen molar-refractivity contribution in [3.05, 3.63) is 23.3 Å². The van der Waals surface area contributed by atoms with E-state index in [2.05, 4.69) is 33.9 Å². The van der Waals surface area contributed by atoms with Crippen molar-refractivity contribution in [2.45, 2.75) is 59.3 Å². The summed E-state index contributed by atoms with van der Waals surface area (Å²) in [5.41, 5.74) is 1.68. The molecular weight excluding hydrogens is 372 g/mol. The summed E-state index contributed by atoms with van der Waals surface area (Å²) in [5, 5.41) is 9.15. The zero-order chi connectivity index (χ0) is 21.4. The third-order valence-electron chi connectivity index (χ3n) is 4.13. The minimum atomic E-state index is -0.509. The van der Waals surface area contributed by atoms with Gasteiger partial charge in [-0.25, -0.2) is 4.79 Å². The average molecular weight is 407 g/mol. The summed E-state index contributed by atoms with van der Waals surface area (Å²) in [6.45, 7) is 11.6. The summed E-state index contributed by atoms with van der Waals surface area (Å²) in [4.78, 5) is 15.9. The van der Waals surface area contributed by atoms with E-state index in [0.29, 0.717) is 32.2 Å². The smallest absolute Gasteiger partial charge is 0.407 e. The fourth-order valence-electron chi connectivity index (χ4n) is 2.97. The molecule has 0 spiro atoms. The van der Waals surface area contributed by atoms with Gasteiger partial charge in [0, 0.05) is 44.2 Å². The molecule has 2 rings (SSSR count). The zero-order valence-corrected chi connectivity index (χ0v) is 18.3. The van der Waals surface area contributed by atoms with Crippen molar-refractivity contribution in [2.75, 3.05) is 26.7 Å². The van der Waals surface area contributed by atoms with Gasteiger partial charge in [-0.3, -0.25) is 4.99 Å². The molecule has 0 fully saturated rings. The molecule has 0 radical (unpaired) electrons. The molecule has 8 heteroatoms. The van der Waals surface area contributed by atoms with Crippen LogP contribution in [0.1, 0.15) is 45.7 Å². The number of carbonyl (C=O) groups is 1. The van der Waals surface area contributed by atoms with Crippen molar-refractivity contribution in [2.24, 2.45) is 4.99 Å². The normalized spacial score (nSPS) is 15.9. The minimum Gasteiger partial charge on any atom is -0.494 e. The van der Waals surface area contributed by atoms with Gasteiger partial charge in [0.15, 0.2) is 5.96 Å². The second kappa shape index (κ2) is 10.2. The molecule has 162 valence electrons. The molecule has 1 amide bonds.